The summed E-state index contributed by atoms with van der Waals surface area (Å²) in [6.07, 6.45) is 6.93. The third kappa shape index (κ3) is 1.90. The lowest BCUT2D eigenvalue weighted by Gasteiger charge is -2.03. The highest BCUT2D eigenvalue weighted by Crippen LogP contribution is 2.21. The van der Waals surface area contributed by atoms with E-state index in [2.05, 4.69) is 29.3 Å². The van der Waals surface area contributed by atoms with Crippen molar-refractivity contribution in [1.29, 1.82) is 0 Å². The number of aromatic amines is 1. The maximum Gasteiger partial charge on any atom is 0.288 e. The fourth-order valence-electron chi connectivity index (χ4n) is 2.07. The largest absolute Gasteiger partial charge is 0.336 e. The first-order valence-electron chi connectivity index (χ1n) is 5.84. The van der Waals surface area contributed by atoms with E-state index in [0.717, 1.165) is 35.1 Å². The van der Waals surface area contributed by atoms with Gasteiger partial charge in [0.15, 0.2) is 0 Å². The Morgan fingerprint density at radius 2 is 2.18 bits per heavy atom. The fourth-order valence-corrected chi connectivity index (χ4v) is 2.07. The molecule has 4 nitrogen and oxygen atoms in total. The summed E-state index contributed by atoms with van der Waals surface area (Å²) in [4.78, 5) is 11.8. The van der Waals surface area contributed by atoms with Crippen LogP contribution in [0.3, 0.4) is 0 Å². The van der Waals surface area contributed by atoms with Crippen LogP contribution < -0.4 is 5.56 Å². The molecule has 0 aliphatic carbocycles. The standard InChI is InChI=1S/C13H17N3O/c1-4-5-6-7-16-10(3)9(2)11-8-14-15-13(17)12(11)16/h5-6,8H,4,7H2,1-3H3,(H,15,17)/b6-5+. The molecule has 0 aliphatic heterocycles. The topological polar surface area (TPSA) is 50.7 Å². The molecule has 0 bridgehead atoms. The molecule has 0 atom stereocenters. The van der Waals surface area contributed by atoms with Crippen molar-refractivity contribution in [3.8, 4) is 0 Å². The molecule has 2 aromatic rings. The number of nitrogens with zero attached hydrogens (tertiary/aromatic N) is 2. The van der Waals surface area contributed by atoms with Gasteiger partial charge >= 0.3 is 0 Å². The van der Waals surface area contributed by atoms with Crippen LogP contribution in [0.25, 0.3) is 10.9 Å². The van der Waals surface area contributed by atoms with E-state index >= 15 is 0 Å². The minimum atomic E-state index is -0.122. The Morgan fingerprint density at radius 1 is 1.41 bits per heavy atom. The van der Waals surface area contributed by atoms with Gasteiger partial charge in [0.2, 0.25) is 0 Å². The van der Waals surface area contributed by atoms with Gasteiger partial charge in [-0.1, -0.05) is 19.1 Å². The first-order chi connectivity index (χ1) is 8.16. The van der Waals surface area contributed by atoms with E-state index in [-0.39, 0.29) is 5.56 Å². The summed E-state index contributed by atoms with van der Waals surface area (Å²) < 4.78 is 2.04. The zero-order valence-electron chi connectivity index (χ0n) is 10.4. The maximum absolute atomic E-state index is 11.8. The predicted molar refractivity (Wildman–Crippen MR) is 69.3 cm³/mol. The van der Waals surface area contributed by atoms with Crippen LogP contribution in [-0.4, -0.2) is 14.8 Å². The van der Waals surface area contributed by atoms with Gasteiger partial charge < -0.3 is 4.57 Å². The lowest BCUT2D eigenvalue weighted by atomic mass is 10.2. The molecule has 0 amide bonds. The molecule has 0 aromatic carbocycles. The van der Waals surface area contributed by atoms with E-state index in [1.807, 2.05) is 18.4 Å². The van der Waals surface area contributed by atoms with E-state index in [9.17, 15) is 4.79 Å². The van der Waals surface area contributed by atoms with Crippen molar-refractivity contribution < 1.29 is 0 Å². The van der Waals surface area contributed by atoms with Gasteiger partial charge in [-0.05, 0) is 25.8 Å². The normalized spacial score (nSPS) is 11.7. The highest BCUT2D eigenvalue weighted by Gasteiger charge is 2.12. The van der Waals surface area contributed by atoms with Crippen molar-refractivity contribution in [2.45, 2.75) is 33.7 Å². The number of H-pyrrole nitrogens is 1. The summed E-state index contributed by atoms with van der Waals surface area (Å²) in [5, 5.41) is 7.29. The summed E-state index contributed by atoms with van der Waals surface area (Å²) in [5.41, 5.74) is 2.85. The minimum Gasteiger partial charge on any atom is -0.336 e. The second-order valence-corrected chi connectivity index (χ2v) is 4.16. The molecule has 17 heavy (non-hydrogen) atoms. The van der Waals surface area contributed by atoms with Crippen LogP contribution in [0.5, 0.6) is 0 Å². The Hall–Kier alpha value is -1.84. The highest BCUT2D eigenvalue weighted by atomic mass is 16.1. The van der Waals surface area contributed by atoms with Crippen molar-refractivity contribution in [3.63, 3.8) is 0 Å². The third-order valence-corrected chi connectivity index (χ3v) is 3.14. The average molecular weight is 231 g/mol. The molecule has 0 unspecified atom stereocenters. The van der Waals surface area contributed by atoms with Gasteiger partial charge in [0.05, 0.1) is 6.20 Å². The van der Waals surface area contributed by atoms with Gasteiger partial charge in [-0.3, -0.25) is 4.79 Å². The molecule has 0 fully saturated rings. The number of hydrogen-bond donors (Lipinski definition) is 1. The second kappa shape index (κ2) is 4.57. The predicted octanol–water partition coefficient (Wildman–Crippen LogP) is 2.31. The molecule has 4 heteroatoms. The Labute approximate surface area is 100.0 Å². The fraction of sp³-hybridized carbons (Fsp3) is 0.385. The summed E-state index contributed by atoms with van der Waals surface area (Å²) >= 11 is 0. The molecular formula is C13H17N3O. The molecular weight excluding hydrogens is 214 g/mol. The van der Waals surface area contributed by atoms with Crippen molar-refractivity contribution in [3.05, 3.63) is 40.0 Å². The zero-order valence-corrected chi connectivity index (χ0v) is 10.4. The molecule has 0 radical (unpaired) electrons. The van der Waals surface area contributed by atoms with Crippen LogP contribution in [-0.2, 0) is 6.54 Å². The zero-order chi connectivity index (χ0) is 12.4. The summed E-state index contributed by atoms with van der Waals surface area (Å²) in [6, 6.07) is 0. The van der Waals surface area contributed by atoms with E-state index in [4.69, 9.17) is 0 Å². The number of aryl methyl sites for hydroxylation is 1. The summed E-state index contributed by atoms with van der Waals surface area (Å²) in [7, 11) is 0. The van der Waals surface area contributed by atoms with Gasteiger partial charge in [0.1, 0.15) is 5.52 Å². The van der Waals surface area contributed by atoms with E-state index in [1.54, 1.807) is 6.20 Å². The number of fused-ring (bicyclic) bond motifs is 1. The highest BCUT2D eigenvalue weighted by molar-refractivity contribution is 5.83. The van der Waals surface area contributed by atoms with Crippen LogP contribution >= 0.6 is 0 Å². The van der Waals surface area contributed by atoms with Gasteiger partial charge in [-0.25, -0.2) is 5.10 Å². The Balaban J connectivity index is 2.65. The summed E-state index contributed by atoms with van der Waals surface area (Å²) in [5.74, 6) is 0. The number of hydrogen-bond acceptors (Lipinski definition) is 2. The minimum absolute atomic E-state index is 0.122. The van der Waals surface area contributed by atoms with Gasteiger partial charge in [-0.2, -0.15) is 5.10 Å². The average Bonchev–Trinajstić information content (AvgIpc) is 2.56. The molecule has 0 spiro atoms. The SMILES string of the molecule is CC/C=C/Cn1c(C)c(C)c2cn[nH]c(=O)c21. The molecule has 90 valence electrons. The number of aromatic nitrogens is 3. The van der Waals surface area contributed by atoms with Crippen LogP contribution in [0, 0.1) is 13.8 Å². The molecule has 2 heterocycles. The lowest BCUT2D eigenvalue weighted by Crippen LogP contribution is -2.12. The van der Waals surface area contributed by atoms with E-state index in [1.165, 1.54) is 0 Å². The Morgan fingerprint density at radius 3 is 2.88 bits per heavy atom. The van der Waals surface area contributed by atoms with Crippen LogP contribution in [0.4, 0.5) is 0 Å². The molecule has 0 saturated heterocycles. The van der Waals surface area contributed by atoms with Crippen molar-refractivity contribution in [1.82, 2.24) is 14.8 Å². The van der Waals surface area contributed by atoms with Crippen LogP contribution in [0.1, 0.15) is 24.6 Å². The van der Waals surface area contributed by atoms with E-state index in [0.29, 0.717) is 0 Å². The third-order valence-electron chi connectivity index (χ3n) is 3.14. The molecule has 0 aliphatic rings. The maximum atomic E-state index is 11.8. The van der Waals surface area contributed by atoms with Gasteiger partial charge in [0.25, 0.3) is 5.56 Å². The van der Waals surface area contributed by atoms with Gasteiger partial charge in [0, 0.05) is 17.6 Å². The summed E-state index contributed by atoms with van der Waals surface area (Å²) in [6.45, 7) is 6.89. The molecule has 1 N–H and O–H groups in total. The van der Waals surface area contributed by atoms with Gasteiger partial charge in [-0.15, -0.1) is 0 Å². The first-order valence-corrected chi connectivity index (χ1v) is 5.84. The Bertz CT molecular complexity index is 619. The second-order valence-electron chi connectivity index (χ2n) is 4.16. The quantitative estimate of drug-likeness (QED) is 0.824. The number of allylic oxidation sites excluding steroid dienone is 2. The molecule has 0 saturated carbocycles. The van der Waals surface area contributed by atoms with E-state index < -0.39 is 0 Å². The number of nitrogens with one attached hydrogen (secondary N) is 1. The Kier molecular flexibility index (Phi) is 3.13. The lowest BCUT2D eigenvalue weighted by molar-refractivity contribution is 0.811. The van der Waals surface area contributed by atoms with Crippen molar-refractivity contribution >= 4 is 10.9 Å². The molecule has 2 aromatic heterocycles. The smallest absolute Gasteiger partial charge is 0.288 e. The first kappa shape index (κ1) is 11.6. The van der Waals surface area contributed by atoms with Crippen molar-refractivity contribution in [2.24, 2.45) is 0 Å². The number of rotatable bonds is 3. The van der Waals surface area contributed by atoms with Crippen LogP contribution in [0.15, 0.2) is 23.1 Å². The monoisotopic (exact) mass is 231 g/mol. The van der Waals surface area contributed by atoms with Crippen LogP contribution in [0.2, 0.25) is 0 Å². The molecule has 2 rings (SSSR count). The van der Waals surface area contributed by atoms with Crippen molar-refractivity contribution in [2.75, 3.05) is 0 Å².